The van der Waals surface area contributed by atoms with Crippen molar-refractivity contribution in [3.05, 3.63) is 28.3 Å². The van der Waals surface area contributed by atoms with Crippen LogP contribution in [0.3, 0.4) is 0 Å². The number of halogens is 1. The number of ether oxygens (including phenoxy) is 2. The molecule has 2 rings (SSSR count). The fourth-order valence-electron chi connectivity index (χ4n) is 1.88. The lowest BCUT2D eigenvalue weighted by molar-refractivity contribution is 0.350. The molecule has 1 heterocycles. The normalized spacial score (nSPS) is 12.9. The zero-order chi connectivity index (χ0) is 17.2. The molecule has 0 amide bonds. The van der Waals surface area contributed by atoms with E-state index in [2.05, 4.69) is 30.8 Å². The van der Waals surface area contributed by atoms with E-state index in [1.54, 1.807) is 13.8 Å². The Kier molecular flexibility index (Phi) is 5.27. The van der Waals surface area contributed by atoms with Gasteiger partial charge in [-0.15, -0.1) is 0 Å². The Morgan fingerprint density at radius 1 is 1.26 bits per heavy atom. The summed E-state index contributed by atoms with van der Waals surface area (Å²) in [7, 11) is -0.948. The largest absolute Gasteiger partial charge is 0.493 e. The van der Waals surface area contributed by atoms with Gasteiger partial charge in [-0.3, -0.25) is 0 Å². The van der Waals surface area contributed by atoms with Crippen LogP contribution in [0.5, 0.6) is 11.5 Å². The first-order chi connectivity index (χ1) is 10.8. The van der Waals surface area contributed by atoms with Gasteiger partial charge in [0.05, 0.1) is 20.3 Å². The Labute approximate surface area is 142 Å². The maximum Gasteiger partial charge on any atom is 0.244 e. The molecule has 0 aliphatic carbocycles. The molecule has 0 bridgehead atoms. The molecule has 1 aromatic carbocycles. The first kappa shape index (κ1) is 17.7. The molecule has 1 aromatic heterocycles. The molecule has 0 saturated carbocycles. The van der Waals surface area contributed by atoms with Gasteiger partial charge in [0.2, 0.25) is 15.9 Å². The highest BCUT2D eigenvalue weighted by Gasteiger charge is 2.25. The lowest BCUT2D eigenvalue weighted by Gasteiger charge is -2.14. The molecule has 126 valence electrons. The number of benzene rings is 1. The van der Waals surface area contributed by atoms with E-state index >= 15 is 0 Å². The highest BCUT2D eigenvalue weighted by Crippen LogP contribution is 2.35. The second kappa shape index (κ2) is 6.85. The van der Waals surface area contributed by atoms with E-state index in [1.165, 1.54) is 26.4 Å². The van der Waals surface area contributed by atoms with Crippen molar-refractivity contribution < 1.29 is 22.4 Å². The first-order valence-electron chi connectivity index (χ1n) is 6.52. The molecule has 23 heavy (non-hydrogen) atoms. The molecule has 8 nitrogen and oxygen atoms in total. The summed E-state index contributed by atoms with van der Waals surface area (Å²) in [6, 6.07) is 2.22. The molecule has 0 saturated heterocycles. The standard InChI is InChI=1S/C13H16BrN3O5S/c1-7(13-15-8(2)16-22-13)17-23(18,19)12-6-11(21-4)10(20-3)5-9(12)14/h5-7,17H,1-4H3. The summed E-state index contributed by atoms with van der Waals surface area (Å²) in [4.78, 5) is 4.02. The Morgan fingerprint density at radius 2 is 1.87 bits per heavy atom. The molecule has 2 aromatic rings. The fraction of sp³-hybridized carbons (Fsp3) is 0.385. The highest BCUT2D eigenvalue weighted by molar-refractivity contribution is 9.10. The summed E-state index contributed by atoms with van der Waals surface area (Å²) in [5, 5.41) is 3.64. The van der Waals surface area contributed by atoms with Gasteiger partial charge in [0, 0.05) is 10.5 Å². The topological polar surface area (TPSA) is 104 Å². The van der Waals surface area contributed by atoms with Crippen molar-refractivity contribution >= 4 is 26.0 Å². The molecular weight excluding hydrogens is 390 g/mol. The summed E-state index contributed by atoms with van der Waals surface area (Å²) < 4.78 is 43.2. The van der Waals surface area contributed by atoms with Crippen LogP contribution in [0.1, 0.15) is 24.7 Å². The third-order valence-electron chi connectivity index (χ3n) is 2.97. The van der Waals surface area contributed by atoms with Crippen LogP contribution in [0, 0.1) is 6.92 Å². The van der Waals surface area contributed by atoms with E-state index in [9.17, 15) is 8.42 Å². The van der Waals surface area contributed by atoms with Gasteiger partial charge in [0.1, 0.15) is 4.90 Å². The van der Waals surface area contributed by atoms with E-state index in [-0.39, 0.29) is 10.8 Å². The average Bonchev–Trinajstić information content (AvgIpc) is 2.92. The summed E-state index contributed by atoms with van der Waals surface area (Å²) in [6.45, 7) is 3.26. The molecule has 0 fully saturated rings. The zero-order valence-corrected chi connectivity index (χ0v) is 15.4. The van der Waals surface area contributed by atoms with Gasteiger partial charge in [-0.1, -0.05) is 5.16 Å². The van der Waals surface area contributed by atoms with Crippen LogP contribution >= 0.6 is 15.9 Å². The number of aryl methyl sites for hydroxylation is 1. The van der Waals surface area contributed by atoms with Crippen LogP contribution in [0.2, 0.25) is 0 Å². The average molecular weight is 406 g/mol. The molecule has 1 N–H and O–H groups in total. The maximum atomic E-state index is 12.6. The summed E-state index contributed by atoms with van der Waals surface area (Å²) >= 11 is 3.23. The molecule has 0 aliphatic heterocycles. The monoisotopic (exact) mass is 405 g/mol. The van der Waals surface area contributed by atoms with Gasteiger partial charge in [-0.2, -0.15) is 9.71 Å². The number of hydrogen-bond acceptors (Lipinski definition) is 7. The predicted octanol–water partition coefficient (Wildman–Crippen LogP) is 2.20. The second-order valence-electron chi connectivity index (χ2n) is 4.66. The third kappa shape index (κ3) is 3.82. The lowest BCUT2D eigenvalue weighted by Crippen LogP contribution is -2.27. The van der Waals surface area contributed by atoms with Gasteiger partial charge in [-0.05, 0) is 35.8 Å². The lowest BCUT2D eigenvalue weighted by atomic mass is 10.3. The van der Waals surface area contributed by atoms with E-state index in [0.29, 0.717) is 21.8 Å². The number of nitrogens with one attached hydrogen (secondary N) is 1. The zero-order valence-electron chi connectivity index (χ0n) is 13.0. The van der Waals surface area contributed by atoms with Crippen LogP contribution in [-0.2, 0) is 10.0 Å². The van der Waals surface area contributed by atoms with Crippen molar-refractivity contribution in [1.29, 1.82) is 0 Å². The van der Waals surface area contributed by atoms with Gasteiger partial charge in [0.25, 0.3) is 0 Å². The third-order valence-corrected chi connectivity index (χ3v) is 5.47. The van der Waals surface area contributed by atoms with Crippen molar-refractivity contribution in [2.24, 2.45) is 0 Å². The number of methoxy groups -OCH3 is 2. The smallest absolute Gasteiger partial charge is 0.244 e. The van der Waals surface area contributed by atoms with Crippen LogP contribution in [-0.4, -0.2) is 32.8 Å². The van der Waals surface area contributed by atoms with Crippen molar-refractivity contribution in [1.82, 2.24) is 14.9 Å². The van der Waals surface area contributed by atoms with Crippen LogP contribution < -0.4 is 14.2 Å². The van der Waals surface area contributed by atoms with Gasteiger partial charge in [-0.25, -0.2) is 8.42 Å². The van der Waals surface area contributed by atoms with Gasteiger partial charge < -0.3 is 14.0 Å². The molecule has 1 atom stereocenters. The van der Waals surface area contributed by atoms with Crippen LogP contribution in [0.15, 0.2) is 26.0 Å². The minimum absolute atomic E-state index is 0.0123. The predicted molar refractivity (Wildman–Crippen MR) is 85.0 cm³/mol. The summed E-state index contributed by atoms with van der Waals surface area (Å²) in [5.41, 5.74) is 0. The summed E-state index contributed by atoms with van der Waals surface area (Å²) in [6.07, 6.45) is 0. The highest BCUT2D eigenvalue weighted by atomic mass is 79.9. The maximum absolute atomic E-state index is 12.6. The van der Waals surface area contributed by atoms with Gasteiger partial charge >= 0.3 is 0 Å². The van der Waals surface area contributed by atoms with Gasteiger partial charge in [0.15, 0.2) is 17.3 Å². The molecule has 0 aliphatic rings. The summed E-state index contributed by atoms with van der Waals surface area (Å²) in [5.74, 6) is 1.33. The second-order valence-corrected chi connectivity index (χ2v) is 7.20. The van der Waals surface area contributed by atoms with Crippen molar-refractivity contribution in [3.8, 4) is 11.5 Å². The Morgan fingerprint density at radius 3 is 2.39 bits per heavy atom. The number of sulfonamides is 1. The molecular formula is C13H16BrN3O5S. The molecule has 10 heteroatoms. The van der Waals surface area contributed by atoms with E-state index in [0.717, 1.165) is 0 Å². The minimum Gasteiger partial charge on any atom is -0.493 e. The van der Waals surface area contributed by atoms with Crippen LogP contribution in [0.25, 0.3) is 0 Å². The fourth-order valence-corrected chi connectivity index (χ4v) is 4.11. The molecule has 0 spiro atoms. The number of hydrogen-bond donors (Lipinski definition) is 1. The van der Waals surface area contributed by atoms with Crippen molar-refractivity contribution in [2.75, 3.05) is 14.2 Å². The quantitative estimate of drug-likeness (QED) is 0.784. The Balaban J connectivity index is 2.36. The first-order valence-corrected chi connectivity index (χ1v) is 8.80. The van der Waals surface area contributed by atoms with Crippen LogP contribution in [0.4, 0.5) is 0 Å². The van der Waals surface area contributed by atoms with Crippen molar-refractivity contribution in [2.45, 2.75) is 24.8 Å². The molecule has 1 unspecified atom stereocenters. The van der Waals surface area contributed by atoms with E-state index in [4.69, 9.17) is 14.0 Å². The SMILES string of the molecule is COc1cc(Br)c(S(=O)(=O)NC(C)c2nc(C)no2)cc1OC. The number of nitrogens with zero attached hydrogens (tertiary/aromatic N) is 2. The number of aromatic nitrogens is 2. The van der Waals surface area contributed by atoms with E-state index < -0.39 is 16.1 Å². The minimum atomic E-state index is -3.85. The Bertz CT molecular complexity index is 806. The van der Waals surface area contributed by atoms with E-state index in [1.807, 2.05) is 0 Å². The number of rotatable bonds is 6. The Hall–Kier alpha value is -1.65. The molecule has 0 radical (unpaired) electrons. The van der Waals surface area contributed by atoms with Crippen molar-refractivity contribution in [3.63, 3.8) is 0 Å².